The standard InChI is InChI=1S/C39H68O4.C30H48O4/c1-8-34(9-2)20-21-37(33(42)43-7)22-23-38(12-5)29(30(37)26-34)14-15-32-36(11-4)18-16-28(27-41)35(10-3,24-25-40)31(36)17-19-39(32,38)13-6;1-25(2)13-15-30(24(33)34)16-14-28(5)19(20(30)17-25)7-8-22-26(3)11-10-23(32)27(4,18-31)21(26)9-12-29(22,28)6/h28-32,40-41H,8-27H2,1-7H3;7,20-23,31-32H,8-18H2,1-6H3,(H,33,34)/t28-,29?,30+,31?,32-,35-,36+,37+,38-,39-;20-,21+,22+,23-,26-,27-,28+,29+,30-/m10/s1. The molecule has 0 amide bonds. The topological polar surface area (TPSA) is 145 Å². The number of carbonyl (C=O) groups is 2. The first kappa shape index (κ1) is 60.1. The van der Waals surface area contributed by atoms with Gasteiger partial charge in [-0.2, -0.15) is 0 Å². The Kier molecular flexibility index (Phi) is 16.2. The summed E-state index contributed by atoms with van der Waals surface area (Å²) in [4.78, 5) is 26.6. The molecule has 0 aromatic heterocycles. The molecule has 10 aliphatic carbocycles. The summed E-state index contributed by atoms with van der Waals surface area (Å²) in [6.07, 6.45) is 32.7. The fourth-order valence-corrected chi connectivity index (χ4v) is 25.7. The number of ether oxygens (including phenoxy) is 1. The van der Waals surface area contributed by atoms with Gasteiger partial charge in [-0.25, -0.2) is 0 Å². The highest BCUT2D eigenvalue weighted by Gasteiger charge is 2.75. The Balaban J connectivity index is 0.000000193. The number of carboxylic acids is 1. The molecule has 77 heavy (non-hydrogen) atoms. The summed E-state index contributed by atoms with van der Waals surface area (Å²) in [7, 11) is 1.64. The Morgan fingerprint density at radius 1 is 0.610 bits per heavy atom. The van der Waals surface area contributed by atoms with Crippen molar-refractivity contribution in [2.45, 2.75) is 269 Å². The van der Waals surface area contributed by atoms with Crippen LogP contribution >= 0.6 is 0 Å². The minimum absolute atomic E-state index is 0.0204. The highest BCUT2D eigenvalue weighted by Crippen LogP contribution is 2.81. The molecule has 19 atom stereocenters. The molecule has 0 aromatic carbocycles. The van der Waals surface area contributed by atoms with Crippen molar-refractivity contribution in [3.8, 4) is 0 Å². The Morgan fingerprint density at radius 2 is 1.27 bits per heavy atom. The molecule has 440 valence electrons. The van der Waals surface area contributed by atoms with E-state index in [2.05, 4.69) is 89.2 Å². The third-order valence-electron chi connectivity index (χ3n) is 30.5. The summed E-state index contributed by atoms with van der Waals surface area (Å²) in [5.74, 6) is 3.14. The van der Waals surface area contributed by atoms with Gasteiger partial charge in [-0.3, -0.25) is 9.59 Å². The highest BCUT2D eigenvalue weighted by molar-refractivity contribution is 5.78. The van der Waals surface area contributed by atoms with Gasteiger partial charge in [0.05, 0.1) is 30.7 Å². The first-order valence-corrected chi connectivity index (χ1v) is 32.9. The van der Waals surface area contributed by atoms with E-state index >= 15 is 0 Å². The van der Waals surface area contributed by atoms with Crippen molar-refractivity contribution in [1.29, 1.82) is 0 Å². The quantitative estimate of drug-likeness (QED) is 0.0960. The maximum atomic E-state index is 13.9. The normalized spacial score (nSPS) is 50.1. The Labute approximate surface area is 469 Å². The Hall–Kier alpha value is -1.48. The molecule has 0 spiro atoms. The van der Waals surface area contributed by atoms with Crippen molar-refractivity contribution in [2.75, 3.05) is 26.9 Å². The molecule has 10 aliphatic rings. The average molecular weight is 1070 g/mol. The lowest BCUT2D eigenvalue weighted by Crippen LogP contribution is -2.69. The number of hydrogen-bond acceptors (Lipinski definition) is 7. The zero-order chi connectivity index (χ0) is 56.3. The molecule has 0 heterocycles. The molecule has 0 aromatic rings. The van der Waals surface area contributed by atoms with Crippen LogP contribution in [-0.4, -0.2) is 70.5 Å². The lowest BCUT2D eigenvalue weighted by Gasteiger charge is -2.76. The van der Waals surface area contributed by atoms with Gasteiger partial charge >= 0.3 is 11.9 Å². The maximum absolute atomic E-state index is 13.9. The maximum Gasteiger partial charge on any atom is 0.312 e. The van der Waals surface area contributed by atoms with E-state index in [1.54, 1.807) is 7.11 Å². The molecular formula is C69H116O8. The van der Waals surface area contributed by atoms with Gasteiger partial charge < -0.3 is 30.3 Å². The molecule has 0 saturated heterocycles. The van der Waals surface area contributed by atoms with Gasteiger partial charge in [0.2, 0.25) is 0 Å². The average Bonchev–Trinajstić information content (AvgIpc) is 3.48. The number of esters is 1. The first-order valence-electron chi connectivity index (χ1n) is 32.9. The second-order valence-electron chi connectivity index (χ2n) is 31.5. The second-order valence-corrected chi connectivity index (χ2v) is 31.5. The zero-order valence-electron chi connectivity index (χ0n) is 51.7. The predicted molar refractivity (Wildman–Crippen MR) is 309 cm³/mol. The van der Waals surface area contributed by atoms with Crippen molar-refractivity contribution in [3.05, 3.63) is 11.6 Å². The van der Waals surface area contributed by atoms with Gasteiger partial charge in [0.25, 0.3) is 0 Å². The van der Waals surface area contributed by atoms with E-state index in [-0.39, 0.29) is 75.0 Å². The highest BCUT2D eigenvalue weighted by atomic mass is 16.5. The van der Waals surface area contributed by atoms with Crippen LogP contribution in [0, 0.1) is 112 Å². The number of allylic oxidation sites excluding steroid dienone is 2. The van der Waals surface area contributed by atoms with Crippen LogP contribution in [-0.2, 0) is 14.3 Å². The van der Waals surface area contributed by atoms with E-state index in [0.717, 1.165) is 96.3 Å². The molecule has 10 rings (SSSR count). The fourth-order valence-electron chi connectivity index (χ4n) is 25.7. The molecule has 9 saturated carbocycles. The molecule has 8 nitrogen and oxygen atoms in total. The molecule has 0 radical (unpaired) electrons. The molecule has 8 heteroatoms. The van der Waals surface area contributed by atoms with E-state index in [1.807, 2.05) is 0 Å². The van der Waals surface area contributed by atoms with Crippen LogP contribution in [0.5, 0.6) is 0 Å². The molecule has 9 fully saturated rings. The number of hydrogen-bond donors (Lipinski definition) is 5. The zero-order valence-corrected chi connectivity index (χ0v) is 51.7. The number of fused-ring (bicyclic) bond motifs is 14. The third kappa shape index (κ3) is 7.99. The first-order chi connectivity index (χ1) is 36.3. The number of methoxy groups -OCH3 is 1. The van der Waals surface area contributed by atoms with Crippen molar-refractivity contribution < 1.29 is 39.9 Å². The van der Waals surface area contributed by atoms with Gasteiger partial charge in [0.15, 0.2) is 0 Å². The van der Waals surface area contributed by atoms with Crippen LogP contribution in [0.25, 0.3) is 0 Å². The number of carboxylic acid groups (broad SMARTS) is 1. The van der Waals surface area contributed by atoms with Crippen LogP contribution in [0.1, 0.15) is 263 Å². The largest absolute Gasteiger partial charge is 0.481 e. The molecule has 2 unspecified atom stereocenters. The van der Waals surface area contributed by atoms with Gasteiger partial charge in [0.1, 0.15) is 0 Å². The van der Waals surface area contributed by atoms with Crippen LogP contribution in [0.4, 0.5) is 0 Å². The summed E-state index contributed by atoms with van der Waals surface area (Å²) in [5, 5.41) is 52.9. The number of aliphatic carboxylic acids is 1. The number of carbonyl (C=O) groups excluding carboxylic acids is 1. The fraction of sp³-hybridized carbons (Fsp3) is 0.942. The van der Waals surface area contributed by atoms with Gasteiger partial charge in [-0.05, 0) is 263 Å². The van der Waals surface area contributed by atoms with Crippen molar-refractivity contribution in [3.63, 3.8) is 0 Å². The summed E-state index contributed by atoms with van der Waals surface area (Å²) < 4.78 is 5.69. The van der Waals surface area contributed by atoms with E-state index in [0.29, 0.717) is 52.3 Å². The van der Waals surface area contributed by atoms with Gasteiger partial charge in [0, 0.05) is 18.6 Å². The number of aliphatic hydroxyl groups excluding tert-OH is 4. The third-order valence-corrected chi connectivity index (χ3v) is 30.5. The van der Waals surface area contributed by atoms with E-state index < -0.39 is 22.9 Å². The van der Waals surface area contributed by atoms with Crippen molar-refractivity contribution in [2.24, 2.45) is 112 Å². The summed E-state index contributed by atoms with van der Waals surface area (Å²) in [6, 6.07) is 0. The summed E-state index contributed by atoms with van der Waals surface area (Å²) in [6.45, 7) is 29.5. The number of rotatable bonds is 12. The smallest absolute Gasteiger partial charge is 0.312 e. The van der Waals surface area contributed by atoms with Crippen LogP contribution < -0.4 is 0 Å². The van der Waals surface area contributed by atoms with Crippen molar-refractivity contribution in [1.82, 2.24) is 0 Å². The SMILES string of the molecule is CC1(C)CC[C@]2(C(=O)O)CC[C@]3(C)C(=CC[C@@H]4[C@@]5(C)CC[C@H](O)[C@@](C)(CO)[C@@H]5CC[C@]43C)[C@@H]2C1.CCC1(CC)CC[C@]2(C(=O)OC)CC[C@]3(CC)C(CC[C@@H]4[C@@]5(CC)CC[C@H](CO)[C@@](CC)(CCO)C5CC[C@]43CC)[C@@H]2C1. The van der Waals surface area contributed by atoms with Crippen molar-refractivity contribution >= 4 is 11.9 Å². The van der Waals surface area contributed by atoms with Crippen LogP contribution in [0.2, 0.25) is 0 Å². The summed E-state index contributed by atoms with van der Waals surface area (Å²) >= 11 is 0. The molecule has 0 aliphatic heterocycles. The van der Waals surface area contributed by atoms with Crippen LogP contribution in [0.15, 0.2) is 11.6 Å². The Morgan fingerprint density at radius 3 is 1.87 bits per heavy atom. The molecular weight excluding hydrogens is 957 g/mol. The molecule has 0 bridgehead atoms. The molecule has 5 N–H and O–H groups in total. The summed E-state index contributed by atoms with van der Waals surface area (Å²) in [5.41, 5.74) is 1.87. The minimum Gasteiger partial charge on any atom is -0.481 e. The Bertz CT molecular complexity index is 2200. The lowest BCUT2D eigenvalue weighted by atomic mass is 9.28. The monoisotopic (exact) mass is 1070 g/mol. The van der Waals surface area contributed by atoms with Crippen LogP contribution in [0.3, 0.4) is 0 Å². The minimum atomic E-state index is -0.588. The lowest BCUT2D eigenvalue weighted by molar-refractivity contribution is -0.275. The number of aliphatic hydroxyl groups is 4. The van der Waals surface area contributed by atoms with Gasteiger partial charge in [-0.15, -0.1) is 0 Å². The van der Waals surface area contributed by atoms with Gasteiger partial charge in [-0.1, -0.05) is 108 Å². The van der Waals surface area contributed by atoms with E-state index in [4.69, 9.17) is 4.74 Å². The predicted octanol–water partition coefficient (Wildman–Crippen LogP) is 15.6. The van der Waals surface area contributed by atoms with E-state index in [1.165, 1.54) is 89.0 Å². The van der Waals surface area contributed by atoms with E-state index in [9.17, 15) is 35.1 Å². The second kappa shape index (κ2) is 20.7.